The maximum atomic E-state index is 12.4. The second kappa shape index (κ2) is 9.32. The molecule has 33 heavy (non-hydrogen) atoms. The molecule has 8 heteroatoms. The van der Waals surface area contributed by atoms with Gasteiger partial charge in [-0.3, -0.25) is 4.90 Å². The molecule has 0 radical (unpaired) electrons. The zero-order chi connectivity index (χ0) is 24.9. The molecule has 2 heterocycles. The second-order valence-corrected chi connectivity index (χ2v) is 12.5. The largest absolute Gasteiger partial charge is 0.495 e. The van der Waals surface area contributed by atoms with Crippen LogP contribution < -0.4 is 5.46 Å². The Morgan fingerprint density at radius 2 is 1.48 bits per heavy atom. The highest BCUT2D eigenvalue weighted by Gasteiger charge is 2.52. The van der Waals surface area contributed by atoms with Crippen LogP contribution in [0.2, 0.25) is 0 Å². The number of carbonyl (C=O) groups excluding carboxylic acids is 1. The molecule has 2 saturated heterocycles. The summed E-state index contributed by atoms with van der Waals surface area (Å²) < 4.78 is 19.7. The van der Waals surface area contributed by atoms with Gasteiger partial charge in [0.25, 0.3) is 0 Å². The molecule has 0 aliphatic carbocycles. The molecule has 0 spiro atoms. The number of halogens is 1. The lowest BCUT2D eigenvalue weighted by molar-refractivity contribution is 0.00578. The minimum Gasteiger partial charge on any atom is -0.444 e. The summed E-state index contributed by atoms with van der Waals surface area (Å²) in [5.74, 6) is 0. The first-order chi connectivity index (χ1) is 15.0. The number of benzene rings is 1. The van der Waals surface area contributed by atoms with Gasteiger partial charge in [0.05, 0.1) is 11.2 Å². The molecule has 1 amide bonds. The monoisotopic (exact) mass is 570 g/mol. The molecule has 0 unspecified atom stereocenters. The van der Waals surface area contributed by atoms with Gasteiger partial charge in [0.1, 0.15) is 5.60 Å². The molecule has 6 nitrogen and oxygen atoms in total. The van der Waals surface area contributed by atoms with Crippen molar-refractivity contribution in [2.45, 2.75) is 92.6 Å². The Morgan fingerprint density at radius 3 is 1.97 bits per heavy atom. The second-order valence-electron chi connectivity index (χ2n) is 11.4. The Hall–Kier alpha value is -0.835. The van der Waals surface area contributed by atoms with E-state index in [4.69, 9.17) is 14.0 Å². The summed E-state index contributed by atoms with van der Waals surface area (Å²) in [5.41, 5.74) is 5.09. The highest BCUT2D eigenvalue weighted by Crippen LogP contribution is 2.38. The van der Waals surface area contributed by atoms with Gasteiger partial charge in [-0.2, -0.15) is 0 Å². The lowest BCUT2D eigenvalue weighted by Gasteiger charge is -2.36. The van der Waals surface area contributed by atoms with Gasteiger partial charge < -0.3 is 18.9 Å². The maximum absolute atomic E-state index is 12.4. The van der Waals surface area contributed by atoms with Crippen LogP contribution in [0.1, 0.15) is 70.7 Å². The molecule has 0 atom stereocenters. The first-order valence-electron chi connectivity index (χ1n) is 11.9. The molecule has 1 aromatic carbocycles. The quantitative estimate of drug-likeness (QED) is 0.394. The van der Waals surface area contributed by atoms with E-state index in [0.717, 1.165) is 25.1 Å². The van der Waals surface area contributed by atoms with Crippen LogP contribution >= 0.6 is 22.6 Å². The van der Waals surface area contributed by atoms with E-state index < -0.39 is 5.60 Å². The number of hydrogen-bond donors (Lipinski definition) is 0. The molecule has 2 fully saturated rings. The summed E-state index contributed by atoms with van der Waals surface area (Å²) in [5, 5.41) is 0. The summed E-state index contributed by atoms with van der Waals surface area (Å²) in [6, 6.07) is 0. The average molecular weight is 570 g/mol. The third-order valence-electron chi connectivity index (χ3n) is 7.27. The van der Waals surface area contributed by atoms with Crippen molar-refractivity contribution in [3.05, 3.63) is 25.8 Å². The Morgan fingerprint density at radius 1 is 0.970 bits per heavy atom. The minimum atomic E-state index is -0.467. The highest BCUT2D eigenvalue weighted by atomic mass is 127. The minimum absolute atomic E-state index is 0.220. The summed E-state index contributed by atoms with van der Waals surface area (Å²) in [6.45, 7) is 24.6. The van der Waals surface area contributed by atoms with Crippen molar-refractivity contribution in [1.29, 1.82) is 0 Å². The summed E-state index contributed by atoms with van der Waals surface area (Å²) in [4.78, 5) is 16.7. The number of hydrogen-bond acceptors (Lipinski definition) is 5. The van der Waals surface area contributed by atoms with Gasteiger partial charge in [-0.1, -0.05) is 0 Å². The molecular weight excluding hydrogens is 530 g/mol. The van der Waals surface area contributed by atoms with Gasteiger partial charge in [-0.05, 0) is 120 Å². The van der Waals surface area contributed by atoms with E-state index in [0.29, 0.717) is 13.1 Å². The summed E-state index contributed by atoms with van der Waals surface area (Å²) in [7, 11) is -0.369. The van der Waals surface area contributed by atoms with Crippen LogP contribution in [0.4, 0.5) is 4.79 Å². The third-order valence-corrected chi connectivity index (χ3v) is 8.88. The normalized spacial score (nSPS) is 20.9. The lowest BCUT2D eigenvalue weighted by atomic mass is 9.71. The Balaban J connectivity index is 1.79. The maximum Gasteiger partial charge on any atom is 0.495 e. The summed E-state index contributed by atoms with van der Waals surface area (Å²) in [6.07, 6.45) is -0.220. The van der Waals surface area contributed by atoms with Crippen molar-refractivity contribution in [3.63, 3.8) is 0 Å². The first-order valence-corrected chi connectivity index (χ1v) is 13.0. The zero-order valence-corrected chi connectivity index (χ0v) is 24.2. The molecule has 3 rings (SSSR count). The SMILES string of the molecule is Cc1c(I)c(C)c(B2OC(C)(C)C(C)(C)O2)c(C)c1CN1CCN(C(=O)OC(C)(C)C)CC1. The predicted octanol–water partition coefficient (Wildman–Crippen LogP) is 4.57. The van der Waals surface area contributed by atoms with Crippen LogP contribution in [0.15, 0.2) is 0 Å². The van der Waals surface area contributed by atoms with Crippen molar-refractivity contribution >= 4 is 41.3 Å². The Bertz CT molecular complexity index is 902. The summed E-state index contributed by atoms with van der Waals surface area (Å²) >= 11 is 2.46. The van der Waals surface area contributed by atoms with Crippen molar-refractivity contribution in [1.82, 2.24) is 9.80 Å². The number of nitrogens with zero attached hydrogens (tertiary/aromatic N) is 2. The van der Waals surface area contributed by atoms with Gasteiger partial charge in [-0.25, -0.2) is 4.79 Å². The Labute approximate surface area is 214 Å². The van der Waals surface area contributed by atoms with Crippen LogP contribution in [-0.2, 0) is 20.6 Å². The lowest BCUT2D eigenvalue weighted by Crippen LogP contribution is -2.50. The molecule has 1 aromatic rings. The number of amides is 1. The van der Waals surface area contributed by atoms with Crippen LogP contribution in [0.3, 0.4) is 0 Å². The smallest absolute Gasteiger partial charge is 0.444 e. The number of piperazine rings is 1. The van der Waals surface area contributed by atoms with Crippen LogP contribution in [0, 0.1) is 24.3 Å². The zero-order valence-electron chi connectivity index (χ0n) is 22.0. The number of rotatable bonds is 3. The van der Waals surface area contributed by atoms with Gasteiger partial charge in [0.15, 0.2) is 0 Å². The van der Waals surface area contributed by atoms with Crippen LogP contribution in [0.5, 0.6) is 0 Å². The van der Waals surface area contributed by atoms with Gasteiger partial charge >= 0.3 is 13.2 Å². The van der Waals surface area contributed by atoms with E-state index >= 15 is 0 Å². The van der Waals surface area contributed by atoms with Gasteiger partial charge in [-0.15, -0.1) is 0 Å². The fraction of sp³-hybridized carbons (Fsp3) is 0.720. The van der Waals surface area contributed by atoms with E-state index in [-0.39, 0.29) is 24.4 Å². The van der Waals surface area contributed by atoms with Gasteiger partial charge in [0.2, 0.25) is 0 Å². The molecule has 0 N–H and O–H groups in total. The van der Waals surface area contributed by atoms with E-state index in [1.165, 1.54) is 25.8 Å². The van der Waals surface area contributed by atoms with E-state index in [9.17, 15) is 4.79 Å². The van der Waals surface area contributed by atoms with Crippen LogP contribution in [0.25, 0.3) is 0 Å². The average Bonchev–Trinajstić information content (AvgIpc) is 2.89. The topological polar surface area (TPSA) is 51.2 Å². The van der Waals surface area contributed by atoms with Crippen molar-refractivity contribution in [2.24, 2.45) is 0 Å². The molecule has 0 aromatic heterocycles. The predicted molar refractivity (Wildman–Crippen MR) is 142 cm³/mol. The first kappa shape index (κ1) is 26.8. The van der Waals surface area contributed by atoms with Crippen LogP contribution in [-0.4, -0.2) is 66.0 Å². The van der Waals surface area contributed by atoms with Crippen molar-refractivity contribution < 1.29 is 18.8 Å². The van der Waals surface area contributed by atoms with E-state index in [1.54, 1.807) is 0 Å². The molecule has 184 valence electrons. The third kappa shape index (κ3) is 5.54. The Kier molecular flexibility index (Phi) is 7.56. The van der Waals surface area contributed by atoms with Crippen molar-refractivity contribution in [3.8, 4) is 0 Å². The molecule has 0 bridgehead atoms. The number of carbonyl (C=O) groups is 1. The fourth-order valence-corrected chi connectivity index (χ4v) is 5.06. The highest BCUT2D eigenvalue weighted by molar-refractivity contribution is 14.1. The van der Waals surface area contributed by atoms with Crippen molar-refractivity contribution in [2.75, 3.05) is 26.2 Å². The fourth-order valence-electron chi connectivity index (χ4n) is 4.45. The standard InChI is InChI=1S/C25H40BIN2O4/c1-16-19(15-28-11-13-29(14-12-28)22(30)31-23(4,5)6)17(2)21(27)18(3)20(16)26-32-24(7,8)25(9,10)33-26/h11-15H2,1-10H3. The molecular formula is C25H40BIN2O4. The molecule has 0 saturated carbocycles. The van der Waals surface area contributed by atoms with E-state index in [2.05, 4.69) is 76.0 Å². The van der Waals surface area contributed by atoms with Gasteiger partial charge in [0, 0.05) is 36.3 Å². The molecule has 2 aliphatic rings. The number of ether oxygens (including phenoxy) is 1. The molecule has 2 aliphatic heterocycles. The van der Waals surface area contributed by atoms with E-state index in [1.807, 2.05) is 25.7 Å².